The maximum atomic E-state index is 5.37. The van der Waals surface area contributed by atoms with Crippen molar-refractivity contribution in [2.24, 2.45) is 5.92 Å². The van der Waals surface area contributed by atoms with Crippen molar-refractivity contribution in [3.05, 3.63) is 24.4 Å². The van der Waals surface area contributed by atoms with Crippen molar-refractivity contribution in [1.82, 2.24) is 10.3 Å². The molecule has 2 rings (SSSR count). The molecule has 0 amide bonds. The van der Waals surface area contributed by atoms with Gasteiger partial charge in [-0.1, -0.05) is 6.92 Å². The van der Waals surface area contributed by atoms with Crippen molar-refractivity contribution < 1.29 is 9.47 Å². The van der Waals surface area contributed by atoms with Crippen LogP contribution in [0, 0.1) is 5.92 Å². The Kier molecular flexibility index (Phi) is 5.22. The number of fused-ring (bicyclic) bond motifs is 1. The summed E-state index contributed by atoms with van der Waals surface area (Å²) in [6.07, 6.45) is 1.80. The standard InChI is InChI=1S/C16H23N3O2/c1-11(9-17-2)10-19-16-13-8-15(21-4)14(20-3)7-12(13)5-6-18-16/h5-8,11,17H,9-10H2,1-4H3,(H,18,19). The van der Waals surface area contributed by atoms with E-state index >= 15 is 0 Å². The van der Waals surface area contributed by atoms with Gasteiger partial charge in [0.2, 0.25) is 0 Å². The molecule has 0 fully saturated rings. The van der Waals surface area contributed by atoms with E-state index in [9.17, 15) is 0 Å². The van der Waals surface area contributed by atoms with Crippen LogP contribution in [0.1, 0.15) is 6.92 Å². The lowest BCUT2D eigenvalue weighted by atomic mass is 10.1. The van der Waals surface area contributed by atoms with Crippen LogP contribution in [0.3, 0.4) is 0 Å². The molecule has 5 nitrogen and oxygen atoms in total. The molecule has 1 heterocycles. The van der Waals surface area contributed by atoms with Crippen molar-refractivity contribution in [2.75, 3.05) is 39.7 Å². The largest absolute Gasteiger partial charge is 0.493 e. The van der Waals surface area contributed by atoms with E-state index in [1.807, 2.05) is 25.2 Å². The van der Waals surface area contributed by atoms with Gasteiger partial charge in [0.15, 0.2) is 11.5 Å². The molecule has 0 aliphatic carbocycles. The summed E-state index contributed by atoms with van der Waals surface area (Å²) in [6.45, 7) is 4.02. The summed E-state index contributed by atoms with van der Waals surface area (Å²) < 4.78 is 10.7. The zero-order valence-corrected chi connectivity index (χ0v) is 13.1. The summed E-state index contributed by atoms with van der Waals surface area (Å²) in [5.74, 6) is 2.83. The Morgan fingerprint density at radius 3 is 2.52 bits per heavy atom. The van der Waals surface area contributed by atoms with Crippen molar-refractivity contribution in [1.29, 1.82) is 0 Å². The number of methoxy groups -OCH3 is 2. The van der Waals surface area contributed by atoms with E-state index in [2.05, 4.69) is 22.5 Å². The molecular weight excluding hydrogens is 266 g/mol. The number of aromatic nitrogens is 1. The summed E-state index contributed by atoms with van der Waals surface area (Å²) in [4.78, 5) is 4.44. The lowest BCUT2D eigenvalue weighted by Crippen LogP contribution is -2.23. The quantitative estimate of drug-likeness (QED) is 0.820. The topological polar surface area (TPSA) is 55.4 Å². The number of benzene rings is 1. The highest BCUT2D eigenvalue weighted by Gasteiger charge is 2.10. The third kappa shape index (κ3) is 3.55. The molecule has 0 saturated heterocycles. The molecular formula is C16H23N3O2. The Hall–Kier alpha value is -2.01. The summed E-state index contributed by atoms with van der Waals surface area (Å²) in [6, 6.07) is 5.91. The van der Waals surface area contributed by atoms with Crippen LogP contribution in [0.15, 0.2) is 24.4 Å². The number of nitrogens with zero attached hydrogens (tertiary/aromatic N) is 1. The van der Waals surface area contributed by atoms with Crippen LogP contribution in [0.4, 0.5) is 5.82 Å². The zero-order chi connectivity index (χ0) is 15.2. The molecule has 21 heavy (non-hydrogen) atoms. The van der Waals surface area contributed by atoms with Crippen molar-refractivity contribution >= 4 is 16.6 Å². The minimum Gasteiger partial charge on any atom is -0.493 e. The number of ether oxygens (including phenoxy) is 2. The van der Waals surface area contributed by atoms with Crippen LogP contribution in [-0.2, 0) is 0 Å². The van der Waals surface area contributed by atoms with E-state index in [0.717, 1.165) is 35.4 Å². The molecule has 114 valence electrons. The summed E-state index contributed by atoms with van der Waals surface area (Å²) in [5.41, 5.74) is 0. The van der Waals surface area contributed by atoms with Crippen LogP contribution >= 0.6 is 0 Å². The zero-order valence-electron chi connectivity index (χ0n) is 13.1. The first-order valence-corrected chi connectivity index (χ1v) is 7.08. The fraction of sp³-hybridized carbons (Fsp3) is 0.438. The van der Waals surface area contributed by atoms with Crippen LogP contribution in [0.2, 0.25) is 0 Å². The van der Waals surface area contributed by atoms with Crippen molar-refractivity contribution in [3.8, 4) is 11.5 Å². The van der Waals surface area contributed by atoms with Gasteiger partial charge < -0.3 is 20.1 Å². The number of rotatable bonds is 7. The summed E-state index contributed by atoms with van der Waals surface area (Å²) in [5, 5.41) is 8.70. The van der Waals surface area contributed by atoms with Gasteiger partial charge in [-0.2, -0.15) is 0 Å². The van der Waals surface area contributed by atoms with Gasteiger partial charge in [0.1, 0.15) is 5.82 Å². The molecule has 1 unspecified atom stereocenters. The number of hydrogen-bond acceptors (Lipinski definition) is 5. The first kappa shape index (κ1) is 15.4. The lowest BCUT2D eigenvalue weighted by molar-refractivity contribution is 0.356. The van der Waals surface area contributed by atoms with E-state index in [1.54, 1.807) is 20.4 Å². The molecule has 0 aliphatic rings. The van der Waals surface area contributed by atoms with Crippen LogP contribution in [0.25, 0.3) is 10.8 Å². The predicted molar refractivity (Wildman–Crippen MR) is 86.4 cm³/mol. The Bertz CT molecular complexity index is 601. The molecule has 2 N–H and O–H groups in total. The van der Waals surface area contributed by atoms with Gasteiger partial charge in [0.25, 0.3) is 0 Å². The molecule has 1 aromatic heterocycles. The minimum atomic E-state index is 0.521. The third-order valence-corrected chi connectivity index (χ3v) is 3.44. The maximum Gasteiger partial charge on any atom is 0.161 e. The second-order valence-electron chi connectivity index (χ2n) is 5.13. The second kappa shape index (κ2) is 7.13. The maximum absolute atomic E-state index is 5.37. The SMILES string of the molecule is CNCC(C)CNc1nccc2cc(OC)c(OC)cc12. The molecule has 0 saturated carbocycles. The number of hydrogen-bond donors (Lipinski definition) is 2. The fourth-order valence-electron chi connectivity index (χ4n) is 2.33. The van der Waals surface area contributed by atoms with E-state index in [-0.39, 0.29) is 0 Å². The van der Waals surface area contributed by atoms with Gasteiger partial charge in [0.05, 0.1) is 14.2 Å². The van der Waals surface area contributed by atoms with E-state index < -0.39 is 0 Å². The Labute approximate surface area is 125 Å². The van der Waals surface area contributed by atoms with Gasteiger partial charge in [-0.15, -0.1) is 0 Å². The smallest absolute Gasteiger partial charge is 0.161 e. The molecule has 5 heteroatoms. The van der Waals surface area contributed by atoms with Crippen molar-refractivity contribution in [2.45, 2.75) is 6.92 Å². The molecule has 2 aromatic rings. The van der Waals surface area contributed by atoms with Gasteiger partial charge in [0, 0.05) is 18.1 Å². The van der Waals surface area contributed by atoms with Crippen molar-refractivity contribution in [3.63, 3.8) is 0 Å². The van der Waals surface area contributed by atoms with Crippen LogP contribution < -0.4 is 20.1 Å². The Morgan fingerprint density at radius 1 is 1.14 bits per heavy atom. The van der Waals surface area contributed by atoms with E-state index in [0.29, 0.717) is 11.7 Å². The van der Waals surface area contributed by atoms with Gasteiger partial charge in [-0.3, -0.25) is 0 Å². The average Bonchev–Trinajstić information content (AvgIpc) is 2.51. The predicted octanol–water partition coefficient (Wildman–Crippen LogP) is 2.52. The molecule has 0 bridgehead atoms. The monoisotopic (exact) mass is 289 g/mol. The summed E-state index contributed by atoms with van der Waals surface area (Å²) >= 11 is 0. The van der Waals surface area contributed by atoms with E-state index in [1.165, 1.54) is 0 Å². The van der Waals surface area contributed by atoms with Crippen LogP contribution in [0.5, 0.6) is 11.5 Å². The number of anilines is 1. The molecule has 1 aromatic carbocycles. The molecule has 0 spiro atoms. The van der Waals surface area contributed by atoms with Gasteiger partial charge in [-0.25, -0.2) is 4.98 Å². The Balaban J connectivity index is 2.31. The third-order valence-electron chi connectivity index (χ3n) is 3.44. The first-order chi connectivity index (χ1) is 10.2. The number of nitrogens with one attached hydrogen (secondary N) is 2. The minimum absolute atomic E-state index is 0.521. The first-order valence-electron chi connectivity index (χ1n) is 7.08. The number of pyridine rings is 1. The van der Waals surface area contributed by atoms with Gasteiger partial charge >= 0.3 is 0 Å². The van der Waals surface area contributed by atoms with E-state index in [4.69, 9.17) is 9.47 Å². The average molecular weight is 289 g/mol. The normalized spacial score (nSPS) is 12.2. The van der Waals surface area contributed by atoms with Crippen LogP contribution in [-0.4, -0.2) is 39.3 Å². The highest BCUT2D eigenvalue weighted by molar-refractivity contribution is 5.94. The molecule has 0 aliphatic heterocycles. The molecule has 1 atom stereocenters. The molecule has 0 radical (unpaired) electrons. The van der Waals surface area contributed by atoms with Gasteiger partial charge in [-0.05, 0) is 43.1 Å². The second-order valence-corrected chi connectivity index (χ2v) is 5.13. The highest BCUT2D eigenvalue weighted by Crippen LogP contribution is 2.34. The Morgan fingerprint density at radius 2 is 1.86 bits per heavy atom. The fourth-order valence-corrected chi connectivity index (χ4v) is 2.33. The summed E-state index contributed by atoms with van der Waals surface area (Å²) in [7, 11) is 5.25. The highest BCUT2D eigenvalue weighted by atomic mass is 16.5. The lowest BCUT2D eigenvalue weighted by Gasteiger charge is -2.15.